The lowest BCUT2D eigenvalue weighted by molar-refractivity contribution is -0.142. The normalized spacial score (nSPS) is 18.4. The smallest absolute Gasteiger partial charge is 0.300 e. The molecule has 0 spiro atoms. The number of rotatable bonds is 3. The van der Waals surface area contributed by atoms with Gasteiger partial charge in [0.1, 0.15) is 0 Å². The minimum atomic E-state index is -4.49. The summed E-state index contributed by atoms with van der Waals surface area (Å²) in [6, 6.07) is 6.80. The molecule has 4 heterocycles. The van der Waals surface area contributed by atoms with Crippen LogP contribution in [-0.4, -0.2) is 38.6 Å². The Morgan fingerprint density at radius 1 is 1.26 bits per heavy atom. The van der Waals surface area contributed by atoms with Crippen LogP contribution in [0.4, 0.5) is 13.2 Å². The summed E-state index contributed by atoms with van der Waals surface area (Å²) in [6.07, 6.45) is -3.59. The van der Waals surface area contributed by atoms with E-state index in [2.05, 4.69) is 28.8 Å². The Balaban J connectivity index is 0.00000210. The number of alkyl halides is 3. The zero-order chi connectivity index (χ0) is 18.5. The number of likely N-dealkylation sites (tertiary alicyclic amines) is 1. The lowest BCUT2D eigenvalue weighted by Crippen LogP contribution is -2.27. The average Bonchev–Trinajstić information content (AvgIpc) is 3.30. The van der Waals surface area contributed by atoms with E-state index in [0.717, 1.165) is 30.1 Å². The summed E-state index contributed by atoms with van der Waals surface area (Å²) < 4.78 is 41.8. The molecule has 4 nitrogen and oxygen atoms in total. The average molecular weight is 417 g/mol. The van der Waals surface area contributed by atoms with Gasteiger partial charge in [0, 0.05) is 24.6 Å². The Hall–Kier alpha value is -1.64. The molecule has 0 saturated carbocycles. The van der Waals surface area contributed by atoms with Crippen molar-refractivity contribution in [2.75, 3.05) is 13.1 Å². The molecule has 4 rings (SSSR count). The highest BCUT2D eigenvalue weighted by Gasteiger charge is 2.36. The summed E-state index contributed by atoms with van der Waals surface area (Å²) in [5.74, 6) is 0.144. The topological polar surface area (TPSA) is 33.4 Å². The second kappa shape index (κ2) is 7.41. The highest BCUT2D eigenvalue weighted by atomic mass is 35.5. The molecule has 1 atom stereocenters. The van der Waals surface area contributed by atoms with Crippen molar-refractivity contribution in [2.45, 2.75) is 38.4 Å². The third-order valence-electron chi connectivity index (χ3n) is 4.88. The Bertz CT molecular complexity index is 921. The zero-order valence-corrected chi connectivity index (χ0v) is 16.5. The Morgan fingerprint density at radius 2 is 2.04 bits per heavy atom. The predicted octanol–water partition coefficient (Wildman–Crippen LogP) is 5.10. The molecule has 0 aliphatic carbocycles. The number of aromatic nitrogens is 3. The SMILES string of the molecule is CC(C)N1CCC(c2cc3nc(-c4cccs4)cc(C(F)(F)F)n3n2)C1.Cl. The summed E-state index contributed by atoms with van der Waals surface area (Å²) in [7, 11) is 0. The Labute approximate surface area is 165 Å². The predicted molar refractivity (Wildman–Crippen MR) is 103 cm³/mol. The van der Waals surface area contributed by atoms with Crippen molar-refractivity contribution in [3.8, 4) is 10.6 Å². The second-order valence-electron chi connectivity index (χ2n) is 6.92. The minimum absolute atomic E-state index is 0. The zero-order valence-electron chi connectivity index (χ0n) is 14.9. The molecule has 1 aliphatic rings. The molecular formula is C18H20ClF3N4S. The molecule has 0 bridgehead atoms. The maximum absolute atomic E-state index is 13.6. The van der Waals surface area contributed by atoms with Gasteiger partial charge in [-0.3, -0.25) is 0 Å². The molecule has 0 amide bonds. The van der Waals surface area contributed by atoms with Gasteiger partial charge in [0.05, 0.1) is 16.3 Å². The standard InChI is InChI=1S/C18H19F3N4S.ClH/c1-11(2)24-6-5-12(10-24)13-9-17-22-14(15-4-3-7-26-15)8-16(18(19,20)21)25(17)23-13;/h3-4,7-9,11-12H,5-6,10H2,1-2H3;1H. The van der Waals surface area contributed by atoms with Gasteiger partial charge in [-0.05, 0) is 44.3 Å². The molecule has 1 unspecified atom stereocenters. The summed E-state index contributed by atoms with van der Waals surface area (Å²) in [5, 5.41) is 6.12. The molecule has 146 valence electrons. The first-order valence-electron chi connectivity index (χ1n) is 8.59. The molecule has 9 heteroatoms. The lowest BCUT2D eigenvalue weighted by Gasteiger charge is -2.19. The van der Waals surface area contributed by atoms with Gasteiger partial charge in [0.2, 0.25) is 0 Å². The van der Waals surface area contributed by atoms with Crippen LogP contribution in [0.15, 0.2) is 29.6 Å². The Kier molecular flexibility index (Phi) is 5.52. The summed E-state index contributed by atoms with van der Waals surface area (Å²) in [6.45, 7) is 6.02. The highest BCUT2D eigenvalue weighted by Crippen LogP contribution is 2.35. The Morgan fingerprint density at radius 3 is 2.63 bits per heavy atom. The minimum Gasteiger partial charge on any atom is -0.300 e. The van der Waals surface area contributed by atoms with Gasteiger partial charge in [-0.25, -0.2) is 9.50 Å². The van der Waals surface area contributed by atoms with Crippen molar-refractivity contribution in [1.29, 1.82) is 0 Å². The number of halogens is 4. The van der Waals surface area contributed by atoms with Crippen molar-refractivity contribution in [3.05, 3.63) is 41.0 Å². The molecule has 1 aliphatic heterocycles. The van der Waals surface area contributed by atoms with Crippen LogP contribution in [-0.2, 0) is 6.18 Å². The van der Waals surface area contributed by atoms with Crippen molar-refractivity contribution in [2.24, 2.45) is 0 Å². The van der Waals surface area contributed by atoms with Crippen molar-refractivity contribution >= 4 is 29.4 Å². The molecule has 1 saturated heterocycles. The molecule has 0 N–H and O–H groups in total. The summed E-state index contributed by atoms with van der Waals surface area (Å²) in [5.41, 5.74) is 0.494. The first-order chi connectivity index (χ1) is 12.3. The van der Waals surface area contributed by atoms with E-state index in [-0.39, 0.29) is 24.0 Å². The molecule has 0 aromatic carbocycles. The molecule has 3 aromatic heterocycles. The highest BCUT2D eigenvalue weighted by molar-refractivity contribution is 7.13. The summed E-state index contributed by atoms with van der Waals surface area (Å²) in [4.78, 5) is 7.47. The van der Waals surface area contributed by atoms with Crippen molar-refractivity contribution < 1.29 is 13.2 Å². The van der Waals surface area contributed by atoms with Gasteiger partial charge >= 0.3 is 6.18 Å². The lowest BCUT2D eigenvalue weighted by atomic mass is 10.1. The fraction of sp³-hybridized carbons (Fsp3) is 0.444. The fourth-order valence-corrected chi connectivity index (χ4v) is 4.13. The maximum Gasteiger partial charge on any atom is 0.433 e. The van der Waals surface area contributed by atoms with Gasteiger partial charge in [-0.2, -0.15) is 18.3 Å². The molecule has 3 aromatic rings. The van der Waals surface area contributed by atoms with Crippen LogP contribution in [0.1, 0.15) is 37.6 Å². The first-order valence-corrected chi connectivity index (χ1v) is 9.47. The quantitative estimate of drug-likeness (QED) is 0.595. The van der Waals surface area contributed by atoms with E-state index in [1.54, 1.807) is 18.2 Å². The number of thiophene rings is 1. The third kappa shape index (κ3) is 3.83. The second-order valence-corrected chi connectivity index (χ2v) is 7.86. The largest absolute Gasteiger partial charge is 0.433 e. The molecule has 1 fully saturated rings. The van der Waals surface area contributed by atoms with E-state index in [0.29, 0.717) is 22.3 Å². The van der Waals surface area contributed by atoms with E-state index in [1.165, 1.54) is 11.3 Å². The van der Waals surface area contributed by atoms with Crippen LogP contribution >= 0.6 is 23.7 Å². The fourth-order valence-electron chi connectivity index (χ4n) is 3.44. The van der Waals surface area contributed by atoms with E-state index in [9.17, 15) is 13.2 Å². The first kappa shape index (κ1) is 20.1. The third-order valence-corrected chi connectivity index (χ3v) is 5.77. The van der Waals surface area contributed by atoms with Crippen LogP contribution in [0.5, 0.6) is 0 Å². The molecule has 0 radical (unpaired) electrons. The monoisotopic (exact) mass is 416 g/mol. The number of hydrogen-bond acceptors (Lipinski definition) is 4. The van der Waals surface area contributed by atoms with E-state index >= 15 is 0 Å². The van der Waals surface area contributed by atoms with Crippen LogP contribution in [0.25, 0.3) is 16.2 Å². The number of nitrogens with zero attached hydrogens (tertiary/aromatic N) is 4. The van der Waals surface area contributed by atoms with Crippen LogP contribution in [0.3, 0.4) is 0 Å². The van der Waals surface area contributed by atoms with Crippen molar-refractivity contribution in [3.63, 3.8) is 0 Å². The molecular weight excluding hydrogens is 397 g/mol. The summed E-state index contributed by atoms with van der Waals surface area (Å²) >= 11 is 1.37. The number of hydrogen-bond donors (Lipinski definition) is 0. The van der Waals surface area contributed by atoms with Gasteiger partial charge in [0.25, 0.3) is 0 Å². The van der Waals surface area contributed by atoms with Crippen LogP contribution < -0.4 is 0 Å². The van der Waals surface area contributed by atoms with Crippen molar-refractivity contribution in [1.82, 2.24) is 19.5 Å². The van der Waals surface area contributed by atoms with E-state index < -0.39 is 11.9 Å². The van der Waals surface area contributed by atoms with Gasteiger partial charge in [0.15, 0.2) is 11.3 Å². The molecule has 27 heavy (non-hydrogen) atoms. The number of fused-ring (bicyclic) bond motifs is 1. The van der Waals surface area contributed by atoms with Gasteiger partial charge in [-0.1, -0.05) is 6.07 Å². The van der Waals surface area contributed by atoms with Gasteiger partial charge in [-0.15, -0.1) is 23.7 Å². The van der Waals surface area contributed by atoms with Crippen LogP contribution in [0.2, 0.25) is 0 Å². The van der Waals surface area contributed by atoms with E-state index in [4.69, 9.17) is 0 Å². The van der Waals surface area contributed by atoms with Gasteiger partial charge < -0.3 is 4.90 Å². The van der Waals surface area contributed by atoms with Crippen LogP contribution in [0, 0.1) is 0 Å². The maximum atomic E-state index is 13.6. The van der Waals surface area contributed by atoms with E-state index in [1.807, 2.05) is 5.38 Å².